The van der Waals surface area contributed by atoms with Crippen molar-refractivity contribution in [2.24, 2.45) is 0 Å². The third-order valence-corrected chi connectivity index (χ3v) is 5.57. The molecule has 0 unspecified atom stereocenters. The SMILES string of the molecule is COc1ccc(CCNCc2c(OCc3cccc(Cl)c3)ccc3ccccc23)cc1. The van der Waals surface area contributed by atoms with Crippen molar-refractivity contribution in [1.29, 1.82) is 0 Å². The minimum atomic E-state index is 0.484. The minimum Gasteiger partial charge on any atom is -0.497 e. The number of benzene rings is 4. The van der Waals surface area contributed by atoms with E-state index in [2.05, 4.69) is 53.8 Å². The molecule has 0 bridgehead atoms. The third-order valence-electron chi connectivity index (χ3n) is 5.33. The first-order chi connectivity index (χ1) is 15.2. The molecule has 0 fully saturated rings. The lowest BCUT2D eigenvalue weighted by Crippen LogP contribution is -2.17. The zero-order chi connectivity index (χ0) is 21.5. The maximum atomic E-state index is 6.21. The van der Waals surface area contributed by atoms with Crippen LogP contribution in [-0.2, 0) is 19.6 Å². The smallest absolute Gasteiger partial charge is 0.124 e. The van der Waals surface area contributed by atoms with E-state index in [9.17, 15) is 0 Å². The van der Waals surface area contributed by atoms with Gasteiger partial charge in [-0.2, -0.15) is 0 Å². The maximum absolute atomic E-state index is 6.21. The monoisotopic (exact) mass is 431 g/mol. The summed E-state index contributed by atoms with van der Waals surface area (Å²) in [5.41, 5.74) is 3.51. The van der Waals surface area contributed by atoms with Gasteiger partial charge in [0, 0.05) is 17.1 Å². The van der Waals surface area contributed by atoms with Gasteiger partial charge in [0.05, 0.1) is 7.11 Å². The predicted molar refractivity (Wildman–Crippen MR) is 128 cm³/mol. The Hall–Kier alpha value is -3.01. The van der Waals surface area contributed by atoms with Crippen LogP contribution in [0.1, 0.15) is 16.7 Å². The van der Waals surface area contributed by atoms with Crippen LogP contribution in [0.5, 0.6) is 11.5 Å². The molecule has 0 radical (unpaired) electrons. The fourth-order valence-electron chi connectivity index (χ4n) is 3.66. The second kappa shape index (κ2) is 10.3. The molecule has 0 saturated heterocycles. The Balaban J connectivity index is 1.45. The second-order valence-corrected chi connectivity index (χ2v) is 7.89. The largest absolute Gasteiger partial charge is 0.497 e. The lowest BCUT2D eigenvalue weighted by Gasteiger charge is -2.15. The molecule has 0 saturated carbocycles. The van der Waals surface area contributed by atoms with Crippen molar-refractivity contribution in [3.8, 4) is 11.5 Å². The molecule has 0 aliphatic carbocycles. The van der Waals surface area contributed by atoms with Crippen LogP contribution in [0.15, 0.2) is 84.9 Å². The number of halogens is 1. The third kappa shape index (κ3) is 5.57. The number of hydrogen-bond donors (Lipinski definition) is 1. The van der Waals surface area contributed by atoms with Crippen LogP contribution in [0.3, 0.4) is 0 Å². The Labute approximate surface area is 188 Å². The molecule has 31 heavy (non-hydrogen) atoms. The molecular weight excluding hydrogens is 406 g/mol. The van der Waals surface area contributed by atoms with Crippen LogP contribution in [0.25, 0.3) is 10.8 Å². The average Bonchev–Trinajstić information content (AvgIpc) is 2.81. The topological polar surface area (TPSA) is 30.5 Å². The number of methoxy groups -OCH3 is 1. The van der Waals surface area contributed by atoms with Crippen LogP contribution in [0.2, 0.25) is 5.02 Å². The van der Waals surface area contributed by atoms with Crippen molar-refractivity contribution in [3.63, 3.8) is 0 Å². The van der Waals surface area contributed by atoms with Gasteiger partial charge >= 0.3 is 0 Å². The van der Waals surface area contributed by atoms with E-state index in [4.69, 9.17) is 21.1 Å². The Morgan fingerprint density at radius 2 is 1.68 bits per heavy atom. The Morgan fingerprint density at radius 3 is 2.48 bits per heavy atom. The van der Waals surface area contributed by atoms with E-state index in [0.29, 0.717) is 6.61 Å². The van der Waals surface area contributed by atoms with Gasteiger partial charge in [-0.15, -0.1) is 0 Å². The number of rotatable bonds is 9. The van der Waals surface area contributed by atoms with Gasteiger partial charge in [0.25, 0.3) is 0 Å². The van der Waals surface area contributed by atoms with Gasteiger partial charge < -0.3 is 14.8 Å². The van der Waals surface area contributed by atoms with Crippen LogP contribution in [-0.4, -0.2) is 13.7 Å². The average molecular weight is 432 g/mol. The van der Waals surface area contributed by atoms with Crippen LogP contribution < -0.4 is 14.8 Å². The fourth-order valence-corrected chi connectivity index (χ4v) is 3.87. The molecule has 0 aliphatic rings. The standard InChI is InChI=1S/C27H26ClNO2/c1-30-24-12-9-20(10-13-24)15-16-29-18-26-25-8-3-2-6-22(25)11-14-27(26)31-19-21-5-4-7-23(28)17-21/h2-14,17,29H,15-16,18-19H2,1H3. The summed E-state index contributed by atoms with van der Waals surface area (Å²) in [4.78, 5) is 0. The van der Waals surface area contributed by atoms with Crippen LogP contribution in [0, 0.1) is 0 Å². The highest BCUT2D eigenvalue weighted by Crippen LogP contribution is 2.29. The normalized spacial score (nSPS) is 10.9. The van der Waals surface area contributed by atoms with Gasteiger partial charge in [-0.3, -0.25) is 0 Å². The molecule has 4 heteroatoms. The van der Waals surface area contributed by atoms with E-state index in [1.165, 1.54) is 21.9 Å². The molecule has 4 aromatic carbocycles. The summed E-state index contributed by atoms with van der Waals surface area (Å²) >= 11 is 6.12. The first-order valence-electron chi connectivity index (χ1n) is 10.4. The zero-order valence-electron chi connectivity index (χ0n) is 17.6. The molecule has 158 valence electrons. The highest BCUT2D eigenvalue weighted by molar-refractivity contribution is 6.30. The van der Waals surface area contributed by atoms with Crippen molar-refractivity contribution >= 4 is 22.4 Å². The Kier molecular flexibility index (Phi) is 7.08. The summed E-state index contributed by atoms with van der Waals surface area (Å²) in [6, 6.07) is 28.6. The van der Waals surface area contributed by atoms with Gasteiger partial charge in [-0.05, 0) is 65.2 Å². The van der Waals surface area contributed by atoms with Crippen molar-refractivity contribution < 1.29 is 9.47 Å². The number of nitrogens with one attached hydrogen (secondary N) is 1. The van der Waals surface area contributed by atoms with Gasteiger partial charge in [0.1, 0.15) is 18.1 Å². The molecule has 0 amide bonds. The Bertz CT molecular complexity index is 1140. The van der Waals surface area contributed by atoms with Crippen molar-refractivity contribution in [2.75, 3.05) is 13.7 Å². The summed E-state index contributed by atoms with van der Waals surface area (Å²) in [7, 11) is 1.69. The molecule has 0 spiro atoms. The molecule has 0 aromatic heterocycles. The van der Waals surface area contributed by atoms with Crippen LogP contribution >= 0.6 is 11.6 Å². The summed E-state index contributed by atoms with van der Waals surface area (Å²) in [5, 5.41) is 6.73. The second-order valence-electron chi connectivity index (χ2n) is 7.46. The van der Waals surface area contributed by atoms with E-state index in [1.807, 2.05) is 36.4 Å². The summed E-state index contributed by atoms with van der Waals surface area (Å²) in [6.45, 7) is 2.10. The first-order valence-corrected chi connectivity index (χ1v) is 10.8. The lowest BCUT2D eigenvalue weighted by molar-refractivity contribution is 0.303. The fraction of sp³-hybridized carbons (Fsp3) is 0.185. The number of hydrogen-bond acceptors (Lipinski definition) is 3. The molecule has 0 heterocycles. The van der Waals surface area contributed by atoms with E-state index >= 15 is 0 Å². The predicted octanol–water partition coefficient (Wildman–Crippen LogP) is 6.41. The Morgan fingerprint density at radius 1 is 0.839 bits per heavy atom. The molecule has 0 atom stereocenters. The van der Waals surface area contributed by atoms with Crippen LogP contribution in [0.4, 0.5) is 0 Å². The molecular formula is C27H26ClNO2. The van der Waals surface area contributed by atoms with Crippen molar-refractivity contribution in [1.82, 2.24) is 5.32 Å². The minimum absolute atomic E-state index is 0.484. The molecule has 4 rings (SSSR count). The van der Waals surface area contributed by atoms with Gasteiger partial charge in [-0.1, -0.05) is 66.2 Å². The number of fused-ring (bicyclic) bond motifs is 1. The van der Waals surface area contributed by atoms with Crippen molar-refractivity contribution in [2.45, 2.75) is 19.6 Å². The van der Waals surface area contributed by atoms with Gasteiger partial charge in [-0.25, -0.2) is 0 Å². The zero-order valence-corrected chi connectivity index (χ0v) is 18.4. The van der Waals surface area contributed by atoms with E-state index in [0.717, 1.165) is 41.6 Å². The maximum Gasteiger partial charge on any atom is 0.124 e. The number of ether oxygens (including phenoxy) is 2. The summed E-state index contributed by atoms with van der Waals surface area (Å²) in [5.74, 6) is 1.78. The lowest BCUT2D eigenvalue weighted by atomic mass is 10.0. The van der Waals surface area contributed by atoms with Gasteiger partial charge in [0.15, 0.2) is 0 Å². The molecule has 3 nitrogen and oxygen atoms in total. The summed E-state index contributed by atoms with van der Waals surface area (Å²) < 4.78 is 11.4. The van der Waals surface area contributed by atoms with Gasteiger partial charge in [0.2, 0.25) is 0 Å². The first kappa shape index (κ1) is 21.2. The highest BCUT2D eigenvalue weighted by atomic mass is 35.5. The highest BCUT2D eigenvalue weighted by Gasteiger charge is 2.09. The van der Waals surface area contributed by atoms with E-state index in [-0.39, 0.29) is 0 Å². The van der Waals surface area contributed by atoms with E-state index < -0.39 is 0 Å². The molecule has 0 aliphatic heterocycles. The quantitative estimate of drug-likeness (QED) is 0.310. The van der Waals surface area contributed by atoms with Crippen molar-refractivity contribution in [3.05, 3.63) is 107 Å². The molecule has 4 aromatic rings. The molecule has 1 N–H and O–H groups in total. The summed E-state index contributed by atoms with van der Waals surface area (Å²) in [6.07, 6.45) is 0.952. The van der Waals surface area contributed by atoms with E-state index in [1.54, 1.807) is 7.11 Å².